The van der Waals surface area contributed by atoms with E-state index < -0.39 is 5.60 Å². The molecule has 0 aromatic carbocycles. The summed E-state index contributed by atoms with van der Waals surface area (Å²) in [6, 6.07) is 1.60. The Balaban J connectivity index is 1.67. The molecule has 0 unspecified atom stereocenters. The van der Waals surface area contributed by atoms with Gasteiger partial charge in [0.15, 0.2) is 6.61 Å². The van der Waals surface area contributed by atoms with Crippen molar-refractivity contribution in [3.63, 3.8) is 0 Å². The van der Waals surface area contributed by atoms with Crippen molar-refractivity contribution in [2.45, 2.75) is 31.8 Å². The number of nitrogens with zero attached hydrogens (tertiary/aromatic N) is 1. The van der Waals surface area contributed by atoms with Crippen LogP contribution in [0, 0.1) is 6.92 Å². The molecular weight excluding hydrogens is 224 g/mol. The summed E-state index contributed by atoms with van der Waals surface area (Å²) in [5.41, 5.74) is -0.708. The molecule has 1 aromatic rings. The summed E-state index contributed by atoms with van der Waals surface area (Å²) in [7, 11) is 0. The Morgan fingerprint density at radius 1 is 1.71 bits per heavy atom. The van der Waals surface area contributed by atoms with Crippen LogP contribution in [0.3, 0.4) is 0 Å². The van der Waals surface area contributed by atoms with E-state index in [0.29, 0.717) is 11.6 Å². The summed E-state index contributed by atoms with van der Waals surface area (Å²) in [5.74, 6) is 0.648. The number of carbonyl (C=O) groups excluding carboxylic acids is 1. The number of aromatic nitrogens is 1. The number of nitrogens with one attached hydrogen (secondary N) is 1. The molecule has 0 radical (unpaired) electrons. The molecule has 1 heterocycles. The molecular formula is C11H16N2O4. The van der Waals surface area contributed by atoms with E-state index in [4.69, 9.17) is 9.26 Å². The van der Waals surface area contributed by atoms with Crippen molar-refractivity contribution in [2.75, 3.05) is 13.2 Å². The average Bonchev–Trinajstić information content (AvgIpc) is 2.67. The second-order valence-electron chi connectivity index (χ2n) is 4.42. The van der Waals surface area contributed by atoms with E-state index in [0.717, 1.165) is 19.3 Å². The molecule has 2 rings (SSSR count). The number of rotatable bonds is 5. The fourth-order valence-electron chi connectivity index (χ4n) is 1.63. The van der Waals surface area contributed by atoms with Gasteiger partial charge in [-0.1, -0.05) is 0 Å². The molecule has 1 aromatic heterocycles. The quantitative estimate of drug-likeness (QED) is 0.777. The Morgan fingerprint density at radius 2 is 2.47 bits per heavy atom. The molecule has 1 fully saturated rings. The highest BCUT2D eigenvalue weighted by molar-refractivity contribution is 5.77. The van der Waals surface area contributed by atoms with Gasteiger partial charge in [-0.15, -0.1) is 0 Å². The first-order valence-electron chi connectivity index (χ1n) is 5.63. The van der Waals surface area contributed by atoms with Gasteiger partial charge >= 0.3 is 0 Å². The molecule has 1 aliphatic carbocycles. The van der Waals surface area contributed by atoms with Crippen LogP contribution in [0.15, 0.2) is 10.6 Å². The van der Waals surface area contributed by atoms with Crippen LogP contribution in [0.4, 0.5) is 0 Å². The predicted octanol–water partition coefficient (Wildman–Crippen LogP) is 0.393. The van der Waals surface area contributed by atoms with E-state index in [1.54, 1.807) is 13.0 Å². The molecule has 1 saturated carbocycles. The van der Waals surface area contributed by atoms with Gasteiger partial charge in [0, 0.05) is 12.6 Å². The van der Waals surface area contributed by atoms with E-state index in [1.807, 2.05) is 0 Å². The van der Waals surface area contributed by atoms with Crippen LogP contribution < -0.4 is 10.1 Å². The van der Waals surface area contributed by atoms with Crippen LogP contribution in [0.25, 0.3) is 0 Å². The van der Waals surface area contributed by atoms with Crippen LogP contribution in [0.2, 0.25) is 0 Å². The van der Waals surface area contributed by atoms with Gasteiger partial charge in [0.25, 0.3) is 11.8 Å². The first-order chi connectivity index (χ1) is 8.07. The van der Waals surface area contributed by atoms with Crippen molar-refractivity contribution in [1.82, 2.24) is 10.5 Å². The van der Waals surface area contributed by atoms with Gasteiger partial charge in [-0.25, -0.2) is 0 Å². The maximum Gasteiger partial charge on any atom is 0.258 e. The minimum Gasteiger partial charge on any atom is -0.465 e. The van der Waals surface area contributed by atoms with Crippen LogP contribution >= 0.6 is 0 Å². The Morgan fingerprint density at radius 3 is 3.00 bits per heavy atom. The van der Waals surface area contributed by atoms with Crippen molar-refractivity contribution in [1.29, 1.82) is 0 Å². The lowest BCUT2D eigenvalue weighted by Crippen LogP contribution is -2.48. The highest BCUT2D eigenvalue weighted by Crippen LogP contribution is 2.30. The molecule has 0 atom stereocenters. The summed E-state index contributed by atoms with van der Waals surface area (Å²) in [5, 5.41) is 16.0. The Kier molecular flexibility index (Phi) is 3.33. The fourth-order valence-corrected chi connectivity index (χ4v) is 1.63. The van der Waals surface area contributed by atoms with Crippen molar-refractivity contribution in [2.24, 2.45) is 0 Å². The first-order valence-corrected chi connectivity index (χ1v) is 5.63. The van der Waals surface area contributed by atoms with Gasteiger partial charge in [-0.05, 0) is 31.3 Å². The second kappa shape index (κ2) is 4.75. The molecule has 6 nitrogen and oxygen atoms in total. The van der Waals surface area contributed by atoms with E-state index >= 15 is 0 Å². The molecule has 94 valence electrons. The Bertz CT molecular complexity index is 398. The minimum atomic E-state index is -0.708. The van der Waals surface area contributed by atoms with Crippen molar-refractivity contribution in [3.8, 4) is 5.88 Å². The zero-order valence-electron chi connectivity index (χ0n) is 9.73. The van der Waals surface area contributed by atoms with E-state index in [1.165, 1.54) is 0 Å². The largest absolute Gasteiger partial charge is 0.465 e. The molecule has 17 heavy (non-hydrogen) atoms. The monoisotopic (exact) mass is 240 g/mol. The predicted molar refractivity (Wildman–Crippen MR) is 58.5 cm³/mol. The van der Waals surface area contributed by atoms with E-state index in [2.05, 4.69) is 10.5 Å². The van der Waals surface area contributed by atoms with E-state index in [9.17, 15) is 9.90 Å². The zero-order chi connectivity index (χ0) is 12.3. The van der Waals surface area contributed by atoms with Gasteiger partial charge in [0.1, 0.15) is 5.76 Å². The normalized spacial score (nSPS) is 17.3. The summed E-state index contributed by atoms with van der Waals surface area (Å²) in [4.78, 5) is 11.4. The molecule has 0 spiro atoms. The second-order valence-corrected chi connectivity index (χ2v) is 4.42. The number of aliphatic hydroxyl groups is 1. The lowest BCUT2D eigenvalue weighted by molar-refractivity contribution is -0.125. The highest BCUT2D eigenvalue weighted by Gasteiger charge is 2.34. The Hall–Kier alpha value is -1.56. The summed E-state index contributed by atoms with van der Waals surface area (Å²) in [6.45, 7) is 1.90. The fraction of sp³-hybridized carbons (Fsp3) is 0.636. The third-order valence-corrected chi connectivity index (χ3v) is 2.86. The highest BCUT2D eigenvalue weighted by atomic mass is 16.5. The van der Waals surface area contributed by atoms with Gasteiger partial charge in [-0.2, -0.15) is 0 Å². The number of hydrogen-bond donors (Lipinski definition) is 2. The van der Waals surface area contributed by atoms with Crippen LogP contribution in [0.1, 0.15) is 25.0 Å². The van der Waals surface area contributed by atoms with Crippen molar-refractivity contribution in [3.05, 3.63) is 11.8 Å². The average molecular weight is 240 g/mol. The van der Waals surface area contributed by atoms with Gasteiger partial charge in [0.05, 0.1) is 5.60 Å². The third-order valence-electron chi connectivity index (χ3n) is 2.86. The van der Waals surface area contributed by atoms with Gasteiger partial charge in [-0.3, -0.25) is 4.79 Å². The van der Waals surface area contributed by atoms with Gasteiger partial charge in [0.2, 0.25) is 0 Å². The smallest absolute Gasteiger partial charge is 0.258 e. The molecule has 0 saturated heterocycles. The number of amides is 1. The molecule has 1 amide bonds. The summed E-state index contributed by atoms with van der Waals surface area (Å²) < 4.78 is 9.90. The zero-order valence-corrected chi connectivity index (χ0v) is 9.73. The van der Waals surface area contributed by atoms with Gasteiger partial charge < -0.3 is 19.7 Å². The molecule has 6 heteroatoms. The topological polar surface area (TPSA) is 84.6 Å². The summed E-state index contributed by atoms with van der Waals surface area (Å²) >= 11 is 0. The lowest BCUT2D eigenvalue weighted by Gasteiger charge is -2.36. The van der Waals surface area contributed by atoms with Crippen LogP contribution in [-0.2, 0) is 4.79 Å². The van der Waals surface area contributed by atoms with Crippen LogP contribution in [0.5, 0.6) is 5.88 Å². The number of ether oxygens (including phenoxy) is 1. The van der Waals surface area contributed by atoms with Crippen molar-refractivity contribution < 1.29 is 19.2 Å². The number of aryl methyl sites for hydroxylation is 1. The molecule has 1 aliphatic rings. The minimum absolute atomic E-state index is 0.123. The third kappa shape index (κ3) is 3.20. The first kappa shape index (κ1) is 11.9. The van der Waals surface area contributed by atoms with Crippen molar-refractivity contribution >= 4 is 5.91 Å². The number of carbonyl (C=O) groups is 1. The van der Waals surface area contributed by atoms with E-state index in [-0.39, 0.29) is 19.1 Å². The SMILES string of the molecule is Cc1cc(OCC(=O)NCC2(O)CCC2)no1. The standard InChI is InChI=1S/C11H16N2O4/c1-8-5-10(13-17-8)16-6-9(14)12-7-11(15)3-2-4-11/h5,15H,2-4,6-7H2,1H3,(H,12,14). The molecule has 0 bridgehead atoms. The molecule has 0 aliphatic heterocycles. The Labute approximate surface area is 98.9 Å². The molecule has 2 N–H and O–H groups in total. The lowest BCUT2D eigenvalue weighted by atomic mass is 9.80. The summed E-state index contributed by atoms with van der Waals surface area (Å²) in [6.07, 6.45) is 2.51. The van der Waals surface area contributed by atoms with Crippen LogP contribution in [-0.4, -0.2) is 34.9 Å². The maximum atomic E-state index is 11.4. The maximum absolute atomic E-state index is 11.4. The number of hydrogen-bond acceptors (Lipinski definition) is 5.